The summed E-state index contributed by atoms with van der Waals surface area (Å²) in [5.41, 5.74) is 2.98. The average Bonchev–Trinajstić information content (AvgIpc) is 3.03. The van der Waals surface area contributed by atoms with Crippen LogP contribution >= 0.6 is 15.9 Å². The maximum Gasteiger partial charge on any atom is 0.264 e. The first-order valence-corrected chi connectivity index (χ1v) is 17.0. The first-order chi connectivity index (χ1) is 21.6. The monoisotopic (exact) mass is 691 g/mol. The average molecular weight is 693 g/mol. The van der Waals surface area contributed by atoms with Gasteiger partial charge in [0.25, 0.3) is 10.0 Å². The lowest BCUT2D eigenvalue weighted by molar-refractivity contribution is -0.140. The van der Waals surface area contributed by atoms with Crippen LogP contribution in [0.4, 0.5) is 5.69 Å². The quantitative estimate of drug-likeness (QED) is 0.172. The minimum Gasteiger partial charge on any atom is -0.494 e. The second-order valence-electron chi connectivity index (χ2n) is 10.4. The number of anilines is 1. The Bertz CT molecular complexity index is 1680. The second kappa shape index (κ2) is 15.7. The van der Waals surface area contributed by atoms with Gasteiger partial charge in [0.05, 0.1) is 17.2 Å². The molecule has 0 bridgehead atoms. The van der Waals surface area contributed by atoms with E-state index < -0.39 is 28.5 Å². The van der Waals surface area contributed by atoms with Crippen molar-refractivity contribution in [1.82, 2.24) is 10.2 Å². The number of carbonyl (C=O) groups is 2. The number of ether oxygens (including phenoxy) is 1. The first-order valence-electron chi connectivity index (χ1n) is 14.8. The third-order valence-electron chi connectivity index (χ3n) is 7.34. The molecule has 0 unspecified atom stereocenters. The van der Waals surface area contributed by atoms with Gasteiger partial charge in [-0.2, -0.15) is 0 Å². The predicted molar refractivity (Wildman–Crippen MR) is 181 cm³/mol. The highest BCUT2D eigenvalue weighted by Crippen LogP contribution is 2.28. The number of nitrogens with one attached hydrogen (secondary N) is 1. The lowest BCUT2D eigenvalue weighted by Crippen LogP contribution is -2.53. The number of sulfonamides is 1. The molecule has 0 saturated heterocycles. The standard InChI is InChI=1S/C35H38BrN3O5S/c1-4-37-35(41)33(23-27-12-7-6-8-13-27)38(24-28-14-10-9-11-26(28)3)34(40)25-39(30-17-19-31(20-18-30)44-5-2)45(42,43)32-21-15-29(36)16-22-32/h6-22,33H,4-5,23-25H2,1-3H3,(H,37,41)/t33-/m0/s1. The molecule has 4 aromatic rings. The number of hydrogen-bond donors (Lipinski definition) is 1. The van der Waals surface area contributed by atoms with E-state index in [2.05, 4.69) is 21.2 Å². The van der Waals surface area contributed by atoms with E-state index in [1.54, 1.807) is 36.4 Å². The summed E-state index contributed by atoms with van der Waals surface area (Å²) in [4.78, 5) is 29.6. The van der Waals surface area contributed by atoms with Crippen LogP contribution in [-0.4, -0.2) is 50.9 Å². The number of hydrogen-bond acceptors (Lipinski definition) is 5. The van der Waals surface area contributed by atoms with E-state index in [9.17, 15) is 18.0 Å². The van der Waals surface area contributed by atoms with Crippen LogP contribution in [0.15, 0.2) is 112 Å². The number of halogens is 1. The summed E-state index contributed by atoms with van der Waals surface area (Å²) in [7, 11) is -4.20. The summed E-state index contributed by atoms with van der Waals surface area (Å²) in [5, 5.41) is 2.88. The molecular weight excluding hydrogens is 654 g/mol. The van der Waals surface area contributed by atoms with Crippen LogP contribution in [0.25, 0.3) is 0 Å². The van der Waals surface area contributed by atoms with Gasteiger partial charge in [-0.25, -0.2) is 8.42 Å². The summed E-state index contributed by atoms with van der Waals surface area (Å²) in [6.45, 7) is 6.06. The van der Waals surface area contributed by atoms with Gasteiger partial charge in [-0.15, -0.1) is 0 Å². The van der Waals surface area contributed by atoms with E-state index in [4.69, 9.17) is 4.74 Å². The SMILES string of the molecule is CCNC(=O)[C@H](Cc1ccccc1)N(Cc1ccccc1C)C(=O)CN(c1ccc(OCC)cc1)S(=O)(=O)c1ccc(Br)cc1. The van der Waals surface area contributed by atoms with Crippen LogP contribution in [0.2, 0.25) is 0 Å². The van der Waals surface area contributed by atoms with Crippen LogP contribution in [0, 0.1) is 6.92 Å². The highest BCUT2D eigenvalue weighted by Gasteiger charge is 2.34. The smallest absolute Gasteiger partial charge is 0.264 e. The van der Waals surface area contributed by atoms with Crippen molar-refractivity contribution in [2.45, 2.75) is 44.7 Å². The molecule has 0 saturated carbocycles. The number of nitrogens with zero attached hydrogens (tertiary/aromatic N) is 2. The molecule has 10 heteroatoms. The highest BCUT2D eigenvalue weighted by atomic mass is 79.9. The zero-order valence-corrected chi connectivity index (χ0v) is 28.1. The molecule has 0 aliphatic carbocycles. The summed E-state index contributed by atoms with van der Waals surface area (Å²) in [6.07, 6.45) is 0.257. The second-order valence-corrected chi connectivity index (χ2v) is 13.2. The Morgan fingerprint density at radius 2 is 1.51 bits per heavy atom. The fourth-order valence-electron chi connectivity index (χ4n) is 4.95. The van der Waals surface area contributed by atoms with Gasteiger partial charge in [-0.1, -0.05) is 70.5 Å². The van der Waals surface area contributed by atoms with E-state index in [1.807, 2.05) is 75.4 Å². The van der Waals surface area contributed by atoms with Crippen LogP contribution in [0.1, 0.15) is 30.5 Å². The summed E-state index contributed by atoms with van der Waals surface area (Å²) in [6, 6.07) is 29.1. The molecule has 45 heavy (non-hydrogen) atoms. The molecule has 8 nitrogen and oxygen atoms in total. The molecule has 2 amide bonds. The molecule has 236 valence electrons. The fourth-order valence-corrected chi connectivity index (χ4v) is 6.63. The van der Waals surface area contributed by atoms with Crippen molar-refractivity contribution in [3.05, 3.63) is 124 Å². The van der Waals surface area contributed by atoms with E-state index in [0.717, 1.165) is 25.5 Å². The van der Waals surface area contributed by atoms with Gasteiger partial charge in [-0.05, 0) is 86.0 Å². The largest absolute Gasteiger partial charge is 0.494 e. The van der Waals surface area contributed by atoms with Crippen molar-refractivity contribution in [2.75, 3.05) is 24.0 Å². The van der Waals surface area contributed by atoms with Crippen LogP contribution in [0.3, 0.4) is 0 Å². The maximum absolute atomic E-state index is 14.5. The van der Waals surface area contributed by atoms with Gasteiger partial charge in [0.15, 0.2) is 0 Å². The number of amides is 2. The summed E-state index contributed by atoms with van der Waals surface area (Å²) >= 11 is 3.36. The number of rotatable bonds is 14. The molecule has 0 heterocycles. The molecule has 0 aliphatic heterocycles. The molecule has 0 radical (unpaired) electrons. The van der Waals surface area contributed by atoms with Crippen molar-refractivity contribution in [3.8, 4) is 5.75 Å². The van der Waals surface area contributed by atoms with E-state index in [1.165, 1.54) is 17.0 Å². The molecule has 1 atom stereocenters. The van der Waals surface area contributed by atoms with Gasteiger partial charge in [0.2, 0.25) is 11.8 Å². The van der Waals surface area contributed by atoms with Gasteiger partial charge < -0.3 is 15.0 Å². The van der Waals surface area contributed by atoms with Gasteiger partial charge in [0, 0.05) is 24.0 Å². The fraction of sp³-hybridized carbons (Fsp3) is 0.257. The molecule has 4 aromatic carbocycles. The van der Waals surface area contributed by atoms with E-state index in [-0.39, 0.29) is 23.8 Å². The first kappa shape index (κ1) is 33.7. The van der Waals surface area contributed by atoms with Crippen molar-refractivity contribution < 1.29 is 22.7 Å². The lowest BCUT2D eigenvalue weighted by atomic mass is 10.0. The molecule has 0 spiro atoms. The summed E-state index contributed by atoms with van der Waals surface area (Å²) in [5.74, 6) is -0.249. The summed E-state index contributed by atoms with van der Waals surface area (Å²) < 4.78 is 35.7. The molecule has 4 rings (SSSR count). The Kier molecular flexibility index (Phi) is 11.8. The topological polar surface area (TPSA) is 96.0 Å². The zero-order chi connectivity index (χ0) is 32.4. The third kappa shape index (κ3) is 8.73. The number of aryl methyl sites for hydroxylation is 1. The van der Waals surface area contributed by atoms with Gasteiger partial charge in [0.1, 0.15) is 18.3 Å². The Morgan fingerprint density at radius 1 is 0.867 bits per heavy atom. The minimum absolute atomic E-state index is 0.0300. The predicted octanol–water partition coefficient (Wildman–Crippen LogP) is 6.13. The number of benzene rings is 4. The Labute approximate surface area is 274 Å². The van der Waals surface area contributed by atoms with Gasteiger partial charge in [-0.3, -0.25) is 13.9 Å². The third-order valence-corrected chi connectivity index (χ3v) is 9.66. The minimum atomic E-state index is -4.20. The molecule has 0 fully saturated rings. The molecular formula is C35H38BrN3O5S. The number of carbonyl (C=O) groups excluding carboxylic acids is 2. The van der Waals surface area contributed by atoms with Crippen LogP contribution < -0.4 is 14.4 Å². The molecule has 1 N–H and O–H groups in total. The zero-order valence-electron chi connectivity index (χ0n) is 25.6. The van der Waals surface area contributed by atoms with Crippen molar-refractivity contribution in [1.29, 1.82) is 0 Å². The van der Waals surface area contributed by atoms with Crippen LogP contribution in [-0.2, 0) is 32.6 Å². The highest BCUT2D eigenvalue weighted by molar-refractivity contribution is 9.10. The lowest BCUT2D eigenvalue weighted by Gasteiger charge is -2.34. The van der Waals surface area contributed by atoms with Gasteiger partial charge >= 0.3 is 0 Å². The molecule has 0 aliphatic rings. The van der Waals surface area contributed by atoms with Crippen LogP contribution in [0.5, 0.6) is 5.75 Å². The maximum atomic E-state index is 14.5. The van der Waals surface area contributed by atoms with E-state index >= 15 is 0 Å². The van der Waals surface area contributed by atoms with E-state index in [0.29, 0.717) is 24.6 Å². The Morgan fingerprint density at radius 3 is 2.13 bits per heavy atom. The molecule has 0 aromatic heterocycles. The van der Waals surface area contributed by atoms with Crippen molar-refractivity contribution in [3.63, 3.8) is 0 Å². The number of likely N-dealkylation sites (N-methyl/N-ethyl adjacent to an activating group) is 1. The van der Waals surface area contributed by atoms with Crippen molar-refractivity contribution in [2.24, 2.45) is 0 Å². The normalized spacial score (nSPS) is 11.8. The Balaban J connectivity index is 1.80. The van der Waals surface area contributed by atoms with Crippen molar-refractivity contribution >= 4 is 43.5 Å². The Hall–Kier alpha value is -4.15.